The number of nitrogens with one attached hydrogen (secondary N) is 1. The summed E-state index contributed by atoms with van der Waals surface area (Å²) in [6, 6.07) is 7.97. The van der Waals surface area contributed by atoms with Crippen molar-refractivity contribution in [3.63, 3.8) is 0 Å². The summed E-state index contributed by atoms with van der Waals surface area (Å²) in [4.78, 5) is 16.2. The van der Waals surface area contributed by atoms with Gasteiger partial charge in [-0.25, -0.2) is 19.3 Å². The van der Waals surface area contributed by atoms with Crippen LogP contribution in [-0.2, 0) is 0 Å². The number of hydrogen-bond acceptors (Lipinski definition) is 4. The van der Waals surface area contributed by atoms with Gasteiger partial charge in [-0.3, -0.25) is 0 Å². The summed E-state index contributed by atoms with van der Waals surface area (Å²) in [5.41, 5.74) is 3.66. The molecule has 0 atom stereocenters. The van der Waals surface area contributed by atoms with Gasteiger partial charge in [0.1, 0.15) is 17.8 Å². The number of allylic oxidation sites excluding steroid dienone is 5. The maximum atomic E-state index is 14.1. The number of hydrogen-bond donors (Lipinski definition) is 1. The first kappa shape index (κ1) is 19.1. The Hall–Kier alpha value is -3.28. The lowest BCUT2D eigenvalue weighted by atomic mass is 9.84. The lowest BCUT2D eigenvalue weighted by Crippen LogP contribution is -2.32. The van der Waals surface area contributed by atoms with E-state index in [4.69, 9.17) is 4.74 Å². The third-order valence-electron chi connectivity index (χ3n) is 5.12. The number of halogens is 1. The zero-order chi connectivity index (χ0) is 20.4. The smallest absolute Gasteiger partial charge is 0.316 e. The van der Waals surface area contributed by atoms with Crippen molar-refractivity contribution in [1.82, 2.24) is 19.9 Å². The molecule has 0 radical (unpaired) electrons. The van der Waals surface area contributed by atoms with Crippen molar-refractivity contribution in [2.45, 2.75) is 32.8 Å². The summed E-state index contributed by atoms with van der Waals surface area (Å²) in [5.74, 6) is 0.600. The minimum Gasteiger partial charge on any atom is -0.460 e. The molecule has 2 heterocycles. The molecule has 0 spiro atoms. The monoisotopic (exact) mass is 390 g/mol. The fourth-order valence-corrected chi connectivity index (χ4v) is 3.34. The predicted octanol–water partition coefficient (Wildman–Crippen LogP) is 5.50. The van der Waals surface area contributed by atoms with Gasteiger partial charge in [-0.1, -0.05) is 31.7 Å². The Labute approximate surface area is 169 Å². The van der Waals surface area contributed by atoms with Crippen LogP contribution in [0, 0.1) is 5.92 Å². The molecular formula is C23H23FN4O. The molecule has 29 heavy (non-hydrogen) atoms. The summed E-state index contributed by atoms with van der Waals surface area (Å²) < 4.78 is 19.8. The molecule has 0 aliphatic heterocycles. The molecule has 1 fully saturated rings. The number of nitrogens with zero attached hydrogens (tertiary/aromatic N) is 3. The van der Waals surface area contributed by atoms with Gasteiger partial charge in [-0.15, -0.1) is 0 Å². The molecule has 2 aromatic heterocycles. The van der Waals surface area contributed by atoms with Crippen molar-refractivity contribution < 1.29 is 9.13 Å². The minimum atomic E-state index is -0.553. The third kappa shape index (κ3) is 4.26. The standard InChI is InChI=1S/C23H23FN4O/c1-14-10-18(11-14)29-23-25-12-17(13-26-23)15(2)8-9-19(16(3)24)22-27-20-6-4-5-7-21(20)28-22/h4-9,12-14,18H,3,10-11H2,1-2H3,(H,27,28)/b15-8+,19-9+. The number of rotatable bonds is 6. The van der Waals surface area contributed by atoms with E-state index in [2.05, 4.69) is 33.4 Å². The molecule has 4 rings (SSSR count). The summed E-state index contributed by atoms with van der Waals surface area (Å²) in [7, 11) is 0. The Bertz CT molecular complexity index is 1060. The van der Waals surface area contributed by atoms with Gasteiger partial charge >= 0.3 is 6.01 Å². The van der Waals surface area contributed by atoms with Crippen LogP contribution in [0.1, 0.15) is 38.1 Å². The highest BCUT2D eigenvalue weighted by atomic mass is 19.1. The number of ether oxygens (including phenoxy) is 1. The van der Waals surface area contributed by atoms with Gasteiger partial charge in [0.15, 0.2) is 0 Å². The number of imidazole rings is 1. The lowest BCUT2D eigenvalue weighted by molar-refractivity contribution is 0.0648. The Balaban J connectivity index is 1.53. The van der Waals surface area contributed by atoms with E-state index in [1.54, 1.807) is 24.5 Å². The number of H-pyrrole nitrogens is 1. The highest BCUT2D eigenvalue weighted by molar-refractivity contribution is 5.83. The van der Waals surface area contributed by atoms with E-state index in [0.717, 1.165) is 35.0 Å². The molecule has 6 heteroatoms. The Morgan fingerprint density at radius 3 is 2.59 bits per heavy atom. The summed E-state index contributed by atoms with van der Waals surface area (Å²) in [6.45, 7) is 7.57. The van der Waals surface area contributed by atoms with E-state index in [1.807, 2.05) is 31.2 Å². The van der Waals surface area contributed by atoms with Crippen LogP contribution in [0.5, 0.6) is 6.01 Å². The third-order valence-corrected chi connectivity index (χ3v) is 5.12. The van der Waals surface area contributed by atoms with Crippen molar-refractivity contribution >= 4 is 22.2 Å². The minimum absolute atomic E-state index is 0.220. The SMILES string of the molecule is C=C(F)/C(=C\C=C(/C)c1cnc(OC2CC(C)C2)nc1)c1nc2ccccc2[nH]1. The fraction of sp³-hybridized carbons (Fsp3) is 0.261. The van der Waals surface area contributed by atoms with E-state index in [0.29, 0.717) is 23.3 Å². The van der Waals surface area contributed by atoms with Crippen LogP contribution < -0.4 is 4.74 Å². The Morgan fingerprint density at radius 1 is 1.21 bits per heavy atom. The summed E-state index contributed by atoms with van der Waals surface area (Å²) >= 11 is 0. The molecule has 3 aromatic rings. The van der Waals surface area contributed by atoms with Crippen LogP contribution in [-0.4, -0.2) is 26.0 Å². The molecule has 1 aliphatic carbocycles. The highest BCUT2D eigenvalue weighted by Gasteiger charge is 2.27. The second kappa shape index (κ2) is 7.99. The molecule has 0 saturated heterocycles. The first-order chi connectivity index (χ1) is 14.0. The Morgan fingerprint density at radius 2 is 1.93 bits per heavy atom. The zero-order valence-corrected chi connectivity index (χ0v) is 16.5. The number of benzene rings is 1. The van der Waals surface area contributed by atoms with Gasteiger partial charge in [0.2, 0.25) is 0 Å². The number of para-hydroxylation sites is 2. The molecule has 0 unspecified atom stereocenters. The zero-order valence-electron chi connectivity index (χ0n) is 16.5. The van der Waals surface area contributed by atoms with E-state index in [1.165, 1.54) is 0 Å². The number of fused-ring (bicyclic) bond motifs is 1. The predicted molar refractivity (Wildman–Crippen MR) is 113 cm³/mol. The normalized spacial score (nSPS) is 19.8. The maximum absolute atomic E-state index is 14.1. The van der Waals surface area contributed by atoms with Crippen molar-refractivity contribution in [3.05, 3.63) is 72.6 Å². The van der Waals surface area contributed by atoms with Gasteiger partial charge < -0.3 is 9.72 Å². The lowest BCUT2D eigenvalue weighted by Gasteiger charge is -2.31. The summed E-state index contributed by atoms with van der Waals surface area (Å²) in [5, 5.41) is 0. The van der Waals surface area contributed by atoms with Crippen LogP contribution in [0.15, 0.2) is 61.2 Å². The first-order valence-corrected chi connectivity index (χ1v) is 9.67. The molecule has 0 bridgehead atoms. The number of aromatic amines is 1. The molecule has 1 aliphatic rings. The fourth-order valence-electron chi connectivity index (χ4n) is 3.34. The second-order valence-corrected chi connectivity index (χ2v) is 7.51. The van der Waals surface area contributed by atoms with Crippen LogP contribution in [0.25, 0.3) is 22.2 Å². The van der Waals surface area contributed by atoms with E-state index in [-0.39, 0.29) is 6.10 Å². The quantitative estimate of drug-likeness (QED) is 0.565. The van der Waals surface area contributed by atoms with E-state index < -0.39 is 5.83 Å². The second-order valence-electron chi connectivity index (χ2n) is 7.51. The Kier molecular flexibility index (Phi) is 5.25. The number of aromatic nitrogens is 4. The van der Waals surface area contributed by atoms with Gasteiger partial charge in [-0.05, 0) is 49.5 Å². The molecule has 0 amide bonds. The van der Waals surface area contributed by atoms with Gasteiger partial charge in [0.25, 0.3) is 0 Å². The molecule has 148 valence electrons. The van der Waals surface area contributed by atoms with Crippen molar-refractivity contribution in [3.8, 4) is 6.01 Å². The van der Waals surface area contributed by atoms with Crippen LogP contribution >= 0.6 is 0 Å². The maximum Gasteiger partial charge on any atom is 0.316 e. The topological polar surface area (TPSA) is 63.7 Å². The largest absolute Gasteiger partial charge is 0.460 e. The molecule has 1 aromatic carbocycles. The molecular weight excluding hydrogens is 367 g/mol. The van der Waals surface area contributed by atoms with Crippen molar-refractivity contribution in [2.24, 2.45) is 5.92 Å². The molecule has 1 N–H and O–H groups in total. The van der Waals surface area contributed by atoms with Crippen molar-refractivity contribution in [2.75, 3.05) is 0 Å². The van der Waals surface area contributed by atoms with Gasteiger partial charge in [0.05, 0.1) is 16.6 Å². The van der Waals surface area contributed by atoms with Crippen LogP contribution in [0.4, 0.5) is 4.39 Å². The highest BCUT2D eigenvalue weighted by Crippen LogP contribution is 2.29. The summed E-state index contributed by atoms with van der Waals surface area (Å²) in [6.07, 6.45) is 9.22. The van der Waals surface area contributed by atoms with Crippen molar-refractivity contribution in [1.29, 1.82) is 0 Å². The van der Waals surface area contributed by atoms with Gasteiger partial charge in [-0.2, -0.15) is 0 Å². The van der Waals surface area contributed by atoms with E-state index >= 15 is 0 Å². The van der Waals surface area contributed by atoms with Crippen LogP contribution in [0.3, 0.4) is 0 Å². The molecule has 1 saturated carbocycles. The molecule has 5 nitrogen and oxygen atoms in total. The van der Waals surface area contributed by atoms with E-state index in [9.17, 15) is 4.39 Å². The first-order valence-electron chi connectivity index (χ1n) is 9.67. The van der Waals surface area contributed by atoms with Crippen LogP contribution in [0.2, 0.25) is 0 Å². The van der Waals surface area contributed by atoms with Gasteiger partial charge in [0, 0.05) is 18.0 Å². The average Bonchev–Trinajstić information content (AvgIpc) is 3.10. The average molecular weight is 390 g/mol.